The molecule has 1 saturated heterocycles. The third-order valence-corrected chi connectivity index (χ3v) is 5.38. The molecule has 0 radical (unpaired) electrons. The van der Waals surface area contributed by atoms with E-state index < -0.39 is 11.9 Å². The molecule has 1 fully saturated rings. The number of carbonyl (C=O) groups is 2. The molecule has 0 bridgehead atoms. The van der Waals surface area contributed by atoms with E-state index in [1.165, 1.54) is 15.9 Å². The summed E-state index contributed by atoms with van der Waals surface area (Å²) in [5, 5.41) is 0. The maximum atomic E-state index is 14.0. The number of benzene rings is 2. The lowest BCUT2D eigenvalue weighted by atomic mass is 10.1. The van der Waals surface area contributed by atoms with E-state index in [1.54, 1.807) is 25.2 Å². The van der Waals surface area contributed by atoms with E-state index in [0.717, 1.165) is 11.3 Å². The molecule has 2 aromatic carbocycles. The van der Waals surface area contributed by atoms with E-state index in [9.17, 15) is 14.0 Å². The van der Waals surface area contributed by atoms with Crippen molar-refractivity contribution < 1.29 is 14.0 Å². The number of nitrogens with zero attached hydrogens (tertiary/aromatic N) is 3. The summed E-state index contributed by atoms with van der Waals surface area (Å²) in [6.45, 7) is 0.396. The molecule has 1 aromatic heterocycles. The highest BCUT2D eigenvalue weighted by Crippen LogP contribution is 2.26. The van der Waals surface area contributed by atoms with Crippen molar-refractivity contribution in [3.63, 3.8) is 0 Å². The fourth-order valence-electron chi connectivity index (χ4n) is 3.70. The fourth-order valence-corrected chi connectivity index (χ4v) is 3.70. The van der Waals surface area contributed by atoms with Crippen molar-refractivity contribution in [1.29, 1.82) is 0 Å². The van der Waals surface area contributed by atoms with Gasteiger partial charge in [-0.15, -0.1) is 0 Å². The summed E-state index contributed by atoms with van der Waals surface area (Å²) >= 11 is 0. The van der Waals surface area contributed by atoms with Crippen molar-refractivity contribution in [1.82, 2.24) is 9.47 Å². The van der Waals surface area contributed by atoms with E-state index >= 15 is 0 Å². The third-order valence-electron chi connectivity index (χ3n) is 5.38. The molecule has 1 unspecified atom stereocenters. The molecule has 1 aliphatic heterocycles. The lowest BCUT2D eigenvalue weighted by Crippen LogP contribution is -2.43. The standard InChI is InChI=1S/C23H22FN3O2/c1-25(21-12-15-27(23(21)29)20-7-3-2-6-19(20)24)22(28)16-17-8-10-18(11-9-17)26-13-4-5-14-26/h2-11,13-14,21H,12,15-16H2,1H3. The molecule has 3 aromatic rings. The fraction of sp³-hybridized carbons (Fsp3) is 0.217. The van der Waals surface area contributed by atoms with Crippen LogP contribution in [-0.2, 0) is 16.0 Å². The first kappa shape index (κ1) is 18.9. The zero-order valence-corrected chi connectivity index (χ0v) is 16.2. The van der Waals surface area contributed by atoms with Crippen LogP contribution in [0.1, 0.15) is 12.0 Å². The van der Waals surface area contributed by atoms with Gasteiger partial charge in [0.2, 0.25) is 11.8 Å². The van der Waals surface area contributed by atoms with Gasteiger partial charge >= 0.3 is 0 Å². The number of amides is 2. The maximum Gasteiger partial charge on any atom is 0.249 e. The second-order valence-corrected chi connectivity index (χ2v) is 7.18. The van der Waals surface area contributed by atoms with Gasteiger partial charge in [-0.2, -0.15) is 0 Å². The van der Waals surface area contributed by atoms with Crippen molar-refractivity contribution in [2.45, 2.75) is 18.9 Å². The first-order chi connectivity index (χ1) is 14.0. The summed E-state index contributed by atoms with van der Waals surface area (Å²) in [7, 11) is 1.64. The molecule has 4 rings (SSSR count). The van der Waals surface area contributed by atoms with Crippen LogP contribution >= 0.6 is 0 Å². The molecule has 5 nitrogen and oxygen atoms in total. The highest BCUT2D eigenvalue weighted by Gasteiger charge is 2.37. The Balaban J connectivity index is 1.42. The van der Waals surface area contributed by atoms with Gasteiger partial charge in [0.05, 0.1) is 12.1 Å². The summed E-state index contributed by atoms with van der Waals surface area (Å²) in [6.07, 6.45) is 4.62. The van der Waals surface area contributed by atoms with Crippen molar-refractivity contribution in [3.8, 4) is 5.69 Å². The Kier molecular flexibility index (Phi) is 5.16. The van der Waals surface area contributed by atoms with Crippen LogP contribution in [-0.4, -0.2) is 40.9 Å². The molecule has 6 heteroatoms. The molecule has 29 heavy (non-hydrogen) atoms. The molecule has 0 aliphatic carbocycles. The molecule has 0 spiro atoms. The highest BCUT2D eigenvalue weighted by molar-refractivity contribution is 6.01. The summed E-state index contributed by atoms with van der Waals surface area (Å²) in [6, 6.07) is 17.3. The second kappa shape index (κ2) is 7.91. The minimum absolute atomic E-state index is 0.132. The van der Waals surface area contributed by atoms with Crippen LogP contribution in [0.3, 0.4) is 0 Å². The van der Waals surface area contributed by atoms with E-state index in [2.05, 4.69) is 0 Å². The number of para-hydroxylation sites is 1. The van der Waals surface area contributed by atoms with Gasteiger partial charge < -0.3 is 14.4 Å². The largest absolute Gasteiger partial charge is 0.333 e. The minimum atomic E-state index is -0.568. The van der Waals surface area contributed by atoms with Crippen LogP contribution in [0, 0.1) is 5.82 Å². The van der Waals surface area contributed by atoms with Gasteiger partial charge in [0.15, 0.2) is 0 Å². The smallest absolute Gasteiger partial charge is 0.249 e. The Hall–Kier alpha value is -3.41. The lowest BCUT2D eigenvalue weighted by Gasteiger charge is -2.24. The normalized spacial score (nSPS) is 16.3. The maximum absolute atomic E-state index is 14.0. The van der Waals surface area contributed by atoms with E-state index in [4.69, 9.17) is 0 Å². The Morgan fingerprint density at radius 3 is 2.45 bits per heavy atom. The number of halogens is 1. The quantitative estimate of drug-likeness (QED) is 0.669. The lowest BCUT2D eigenvalue weighted by molar-refractivity contribution is -0.136. The van der Waals surface area contributed by atoms with Gasteiger partial charge in [0.25, 0.3) is 0 Å². The molecule has 0 saturated carbocycles. The first-order valence-electron chi connectivity index (χ1n) is 9.58. The first-order valence-corrected chi connectivity index (χ1v) is 9.58. The molecular formula is C23H22FN3O2. The number of hydrogen-bond acceptors (Lipinski definition) is 2. The molecule has 148 valence electrons. The van der Waals surface area contributed by atoms with Crippen molar-refractivity contribution >= 4 is 17.5 Å². The number of rotatable bonds is 5. The molecule has 1 atom stereocenters. The van der Waals surface area contributed by atoms with Gasteiger partial charge in [-0.3, -0.25) is 9.59 Å². The molecular weight excluding hydrogens is 369 g/mol. The zero-order valence-electron chi connectivity index (χ0n) is 16.2. The number of aromatic nitrogens is 1. The Bertz CT molecular complexity index is 1010. The minimum Gasteiger partial charge on any atom is -0.333 e. The number of anilines is 1. The Morgan fingerprint density at radius 2 is 1.76 bits per heavy atom. The van der Waals surface area contributed by atoms with Crippen LogP contribution in [0.15, 0.2) is 73.1 Å². The predicted octanol–water partition coefficient (Wildman–Crippen LogP) is 3.42. The van der Waals surface area contributed by atoms with Crippen LogP contribution in [0.25, 0.3) is 5.69 Å². The summed E-state index contributed by atoms with van der Waals surface area (Å²) < 4.78 is 16.0. The van der Waals surface area contributed by atoms with Gasteiger partial charge in [-0.05, 0) is 48.4 Å². The molecule has 0 N–H and O–H groups in total. The van der Waals surface area contributed by atoms with Crippen LogP contribution in [0.2, 0.25) is 0 Å². The summed E-state index contributed by atoms with van der Waals surface area (Å²) in [5.41, 5.74) is 2.17. The average molecular weight is 391 g/mol. The third kappa shape index (κ3) is 3.78. The number of carbonyl (C=O) groups excluding carboxylic acids is 2. The number of likely N-dealkylation sites (N-methyl/N-ethyl adjacent to an activating group) is 1. The van der Waals surface area contributed by atoms with Gasteiger partial charge in [-0.1, -0.05) is 24.3 Å². The average Bonchev–Trinajstić information content (AvgIpc) is 3.39. The summed E-state index contributed by atoms with van der Waals surface area (Å²) in [4.78, 5) is 28.5. The topological polar surface area (TPSA) is 45.6 Å². The number of hydrogen-bond donors (Lipinski definition) is 0. The van der Waals surface area contributed by atoms with E-state index in [-0.39, 0.29) is 23.9 Å². The van der Waals surface area contributed by atoms with Gasteiger partial charge in [-0.25, -0.2) is 4.39 Å². The predicted molar refractivity (Wildman–Crippen MR) is 109 cm³/mol. The van der Waals surface area contributed by atoms with Crippen molar-refractivity contribution in [2.24, 2.45) is 0 Å². The Morgan fingerprint density at radius 1 is 1.07 bits per heavy atom. The monoisotopic (exact) mass is 391 g/mol. The SMILES string of the molecule is CN(C(=O)Cc1ccc(-n2cccc2)cc1)C1CCN(c2ccccc2F)C1=O. The van der Waals surface area contributed by atoms with Crippen LogP contribution in [0.4, 0.5) is 10.1 Å². The van der Waals surface area contributed by atoms with Crippen LogP contribution < -0.4 is 4.90 Å². The molecule has 1 aliphatic rings. The van der Waals surface area contributed by atoms with E-state index in [1.807, 2.05) is 53.4 Å². The molecule has 2 heterocycles. The second-order valence-electron chi connectivity index (χ2n) is 7.18. The summed E-state index contributed by atoms with van der Waals surface area (Å²) in [5.74, 6) is -0.806. The van der Waals surface area contributed by atoms with Crippen LogP contribution in [0.5, 0.6) is 0 Å². The van der Waals surface area contributed by atoms with Gasteiger partial charge in [0, 0.05) is 31.7 Å². The zero-order chi connectivity index (χ0) is 20.4. The molecule has 2 amide bonds. The van der Waals surface area contributed by atoms with E-state index in [0.29, 0.717) is 13.0 Å². The van der Waals surface area contributed by atoms with Crippen molar-refractivity contribution in [2.75, 3.05) is 18.5 Å². The van der Waals surface area contributed by atoms with Gasteiger partial charge in [0.1, 0.15) is 11.9 Å². The highest BCUT2D eigenvalue weighted by atomic mass is 19.1. The van der Waals surface area contributed by atoms with Crippen molar-refractivity contribution in [3.05, 3.63) is 84.4 Å². The Labute approximate surface area is 169 Å².